The second kappa shape index (κ2) is 7.07. The number of carbonyl (C=O) groups is 1. The van der Waals surface area contributed by atoms with E-state index < -0.39 is 0 Å². The molecule has 128 valence electrons. The molecule has 3 N–H and O–H groups in total. The molecule has 0 radical (unpaired) electrons. The highest BCUT2D eigenvalue weighted by Crippen LogP contribution is 2.39. The highest BCUT2D eigenvalue weighted by atomic mass is 35.5. The number of para-hydroxylation sites is 1. The summed E-state index contributed by atoms with van der Waals surface area (Å²) in [6, 6.07) is 7.83. The summed E-state index contributed by atoms with van der Waals surface area (Å²) < 4.78 is 11.7. The van der Waals surface area contributed by atoms with E-state index in [1.807, 2.05) is 38.1 Å². The molecule has 2 aliphatic rings. The molecule has 1 aromatic carbocycles. The molecule has 0 bridgehead atoms. The summed E-state index contributed by atoms with van der Waals surface area (Å²) in [5.74, 6) is 0.796. The molecule has 3 atom stereocenters. The Kier molecular flexibility index (Phi) is 5.55. The third-order valence-electron chi connectivity index (χ3n) is 4.36. The molecule has 23 heavy (non-hydrogen) atoms. The van der Waals surface area contributed by atoms with Gasteiger partial charge in [0.15, 0.2) is 0 Å². The van der Waals surface area contributed by atoms with Crippen LogP contribution in [0.4, 0.5) is 0 Å². The van der Waals surface area contributed by atoms with Crippen LogP contribution in [0.1, 0.15) is 44.7 Å². The highest BCUT2D eigenvalue weighted by molar-refractivity contribution is 5.85. The van der Waals surface area contributed by atoms with E-state index in [9.17, 15) is 4.79 Å². The van der Waals surface area contributed by atoms with Gasteiger partial charge in [-0.3, -0.25) is 4.79 Å². The van der Waals surface area contributed by atoms with Crippen LogP contribution in [0.15, 0.2) is 24.3 Å². The molecule has 1 amide bonds. The zero-order valence-electron chi connectivity index (χ0n) is 13.6. The second-order valence-electron chi connectivity index (χ2n) is 6.72. The number of amides is 1. The smallest absolute Gasteiger partial charge is 0.249 e. The van der Waals surface area contributed by atoms with Crippen LogP contribution < -0.4 is 15.8 Å². The van der Waals surface area contributed by atoms with Gasteiger partial charge in [0.05, 0.1) is 12.1 Å². The number of ether oxygens (including phenoxy) is 2. The predicted molar refractivity (Wildman–Crippen MR) is 90.8 cm³/mol. The van der Waals surface area contributed by atoms with Crippen molar-refractivity contribution in [2.75, 3.05) is 6.54 Å². The van der Waals surface area contributed by atoms with Gasteiger partial charge in [0.25, 0.3) is 0 Å². The second-order valence-corrected chi connectivity index (χ2v) is 6.72. The van der Waals surface area contributed by atoms with Crippen molar-refractivity contribution in [3.05, 3.63) is 29.8 Å². The van der Waals surface area contributed by atoms with Gasteiger partial charge >= 0.3 is 0 Å². The first kappa shape index (κ1) is 18.0. The maximum absolute atomic E-state index is 12.5. The molecule has 3 rings (SSSR count). The summed E-state index contributed by atoms with van der Waals surface area (Å²) in [7, 11) is 0. The number of hydrogen-bond donors (Lipinski definition) is 2. The lowest BCUT2D eigenvalue weighted by Gasteiger charge is -2.38. The minimum Gasteiger partial charge on any atom is -0.487 e. The maximum Gasteiger partial charge on any atom is 0.249 e. The molecular weight excluding hydrogens is 316 g/mol. The molecule has 5 nitrogen and oxygen atoms in total. The lowest BCUT2D eigenvalue weighted by molar-refractivity contribution is -0.133. The van der Waals surface area contributed by atoms with E-state index in [4.69, 9.17) is 15.2 Å². The molecule has 6 heteroatoms. The normalized spacial score (nSPS) is 28.2. The van der Waals surface area contributed by atoms with Crippen molar-refractivity contribution in [2.45, 2.75) is 57.0 Å². The Hall–Kier alpha value is -1.30. The van der Waals surface area contributed by atoms with E-state index in [-0.39, 0.29) is 42.2 Å². The topological polar surface area (TPSA) is 73.6 Å². The van der Waals surface area contributed by atoms with E-state index in [1.165, 1.54) is 0 Å². The van der Waals surface area contributed by atoms with E-state index >= 15 is 0 Å². The number of benzene rings is 1. The Balaban J connectivity index is 0.00000192. The number of hydrogen-bond acceptors (Lipinski definition) is 4. The molecule has 0 aliphatic carbocycles. The predicted octanol–water partition coefficient (Wildman–Crippen LogP) is 2.33. The average Bonchev–Trinajstić information content (AvgIpc) is 2.95. The van der Waals surface area contributed by atoms with Crippen LogP contribution in [0.5, 0.6) is 5.75 Å². The summed E-state index contributed by atoms with van der Waals surface area (Å²) in [5.41, 5.74) is 6.33. The summed E-state index contributed by atoms with van der Waals surface area (Å²) >= 11 is 0. The summed E-state index contributed by atoms with van der Waals surface area (Å²) in [6.45, 7) is 4.55. The molecule has 0 aromatic heterocycles. The summed E-state index contributed by atoms with van der Waals surface area (Å²) in [4.78, 5) is 12.5. The maximum atomic E-state index is 12.5. The van der Waals surface area contributed by atoms with Gasteiger partial charge in [-0.1, -0.05) is 18.2 Å². The van der Waals surface area contributed by atoms with Gasteiger partial charge in [-0.25, -0.2) is 0 Å². The molecule has 0 saturated carbocycles. The summed E-state index contributed by atoms with van der Waals surface area (Å²) in [6.07, 6.45) is 1.95. The molecule has 1 unspecified atom stereocenters. The Bertz CT molecular complexity index is 565. The van der Waals surface area contributed by atoms with Crippen molar-refractivity contribution in [3.63, 3.8) is 0 Å². The molecule has 1 aromatic rings. The van der Waals surface area contributed by atoms with Gasteiger partial charge in [0.1, 0.15) is 17.5 Å². The van der Waals surface area contributed by atoms with E-state index in [1.54, 1.807) is 0 Å². The molecular formula is C17H25ClN2O3. The number of nitrogens with one attached hydrogen (secondary N) is 1. The van der Waals surface area contributed by atoms with E-state index in [0.717, 1.165) is 30.6 Å². The van der Waals surface area contributed by atoms with Crippen molar-refractivity contribution in [2.24, 2.45) is 5.73 Å². The third kappa shape index (κ3) is 3.97. The van der Waals surface area contributed by atoms with E-state index in [2.05, 4.69) is 5.32 Å². The lowest BCUT2D eigenvalue weighted by atomic mass is 9.89. The van der Waals surface area contributed by atoms with Crippen molar-refractivity contribution < 1.29 is 14.3 Å². The monoisotopic (exact) mass is 340 g/mol. The first-order chi connectivity index (χ1) is 10.5. The van der Waals surface area contributed by atoms with Crippen LogP contribution in [-0.2, 0) is 9.53 Å². The van der Waals surface area contributed by atoms with Crippen molar-refractivity contribution >= 4 is 18.3 Å². The fourth-order valence-corrected chi connectivity index (χ4v) is 3.27. The molecule has 1 fully saturated rings. The van der Waals surface area contributed by atoms with Crippen molar-refractivity contribution in [1.82, 2.24) is 5.32 Å². The van der Waals surface area contributed by atoms with Crippen LogP contribution in [0.2, 0.25) is 0 Å². The van der Waals surface area contributed by atoms with E-state index in [0.29, 0.717) is 6.54 Å². The van der Waals surface area contributed by atoms with Gasteiger partial charge in [-0.05, 0) is 32.8 Å². The van der Waals surface area contributed by atoms with Crippen molar-refractivity contribution in [1.29, 1.82) is 0 Å². The minimum atomic E-state index is -0.383. The Morgan fingerprint density at radius 3 is 2.78 bits per heavy atom. The standard InChI is InChI=1S/C17H24N2O3.ClH/c1-17(2)9-13(12-5-3-4-6-14(12)22-17)19-16(20)15-8-7-11(10-18)21-15;/h3-6,11,13,15H,7-10,18H2,1-2H3,(H,19,20);1H/t11-,13?,15+;/m1./s1. The largest absolute Gasteiger partial charge is 0.487 e. The minimum absolute atomic E-state index is 0. The third-order valence-corrected chi connectivity index (χ3v) is 4.36. The number of carbonyl (C=O) groups excluding carboxylic acids is 1. The van der Waals surface area contributed by atoms with Crippen LogP contribution in [0.3, 0.4) is 0 Å². The first-order valence-corrected chi connectivity index (χ1v) is 7.92. The van der Waals surface area contributed by atoms with Gasteiger partial charge in [-0.2, -0.15) is 0 Å². The fraction of sp³-hybridized carbons (Fsp3) is 0.588. The van der Waals surface area contributed by atoms with Gasteiger partial charge < -0.3 is 20.5 Å². The number of rotatable bonds is 3. The Morgan fingerprint density at radius 2 is 2.09 bits per heavy atom. The zero-order valence-corrected chi connectivity index (χ0v) is 14.4. The molecule has 2 aliphatic heterocycles. The van der Waals surface area contributed by atoms with Gasteiger partial charge in [-0.15, -0.1) is 12.4 Å². The number of halogens is 1. The Labute approximate surface area is 143 Å². The summed E-state index contributed by atoms with van der Waals surface area (Å²) in [5, 5.41) is 3.13. The number of nitrogens with two attached hydrogens (primary N) is 1. The number of fused-ring (bicyclic) bond motifs is 1. The molecule has 0 spiro atoms. The van der Waals surface area contributed by atoms with Gasteiger partial charge in [0.2, 0.25) is 5.91 Å². The molecule has 2 heterocycles. The first-order valence-electron chi connectivity index (χ1n) is 7.92. The quantitative estimate of drug-likeness (QED) is 0.885. The van der Waals surface area contributed by atoms with Crippen LogP contribution in [0.25, 0.3) is 0 Å². The fourth-order valence-electron chi connectivity index (χ4n) is 3.27. The highest BCUT2D eigenvalue weighted by Gasteiger charge is 2.37. The van der Waals surface area contributed by atoms with Crippen molar-refractivity contribution in [3.8, 4) is 5.75 Å². The van der Waals surface area contributed by atoms with Crippen LogP contribution in [-0.4, -0.2) is 30.3 Å². The average molecular weight is 341 g/mol. The lowest BCUT2D eigenvalue weighted by Crippen LogP contribution is -2.44. The zero-order chi connectivity index (χ0) is 15.7. The van der Waals surface area contributed by atoms with Crippen LogP contribution in [0, 0.1) is 0 Å². The van der Waals surface area contributed by atoms with Gasteiger partial charge in [0, 0.05) is 18.5 Å². The SMILES string of the molecule is CC1(C)CC(NC(=O)[C@@H]2CC[C@H](CN)O2)c2ccccc2O1.Cl. The molecule has 1 saturated heterocycles. The van der Waals surface area contributed by atoms with Crippen LogP contribution >= 0.6 is 12.4 Å². The Morgan fingerprint density at radius 1 is 1.35 bits per heavy atom.